The molecule has 2 heterocycles. The molecule has 2 aromatic rings. The van der Waals surface area contributed by atoms with Crippen LogP contribution in [0.1, 0.15) is 29.0 Å². The smallest absolute Gasteiger partial charge is 0.345 e. The van der Waals surface area contributed by atoms with Crippen LogP contribution in [-0.2, 0) is 19.5 Å². The number of fused-ring (bicyclic) bond motifs is 1. The highest BCUT2D eigenvalue weighted by Crippen LogP contribution is 2.24. The molecular formula is C20H29N5O4. The fourth-order valence-corrected chi connectivity index (χ4v) is 3.47. The van der Waals surface area contributed by atoms with E-state index in [4.69, 9.17) is 9.47 Å². The minimum absolute atomic E-state index is 0.0465. The molecule has 29 heavy (non-hydrogen) atoms. The minimum Gasteiger partial charge on any atom is -0.497 e. The average Bonchev–Trinajstić information content (AvgIpc) is 2.88. The van der Waals surface area contributed by atoms with Crippen molar-refractivity contribution in [3.63, 3.8) is 0 Å². The van der Waals surface area contributed by atoms with Gasteiger partial charge in [-0.1, -0.05) is 0 Å². The second-order valence-electron chi connectivity index (χ2n) is 7.44. The summed E-state index contributed by atoms with van der Waals surface area (Å²) in [6.07, 6.45) is 2.04. The number of aromatic nitrogens is 3. The summed E-state index contributed by atoms with van der Waals surface area (Å²) in [6.45, 7) is 1.87. The van der Waals surface area contributed by atoms with Crippen LogP contribution in [0.15, 0.2) is 23.0 Å². The number of nitrogens with one attached hydrogen (secondary N) is 1. The van der Waals surface area contributed by atoms with Crippen LogP contribution in [-0.4, -0.2) is 66.1 Å². The third kappa shape index (κ3) is 4.79. The Labute approximate surface area is 170 Å². The summed E-state index contributed by atoms with van der Waals surface area (Å²) < 4.78 is 13.8. The molecule has 1 aromatic heterocycles. The summed E-state index contributed by atoms with van der Waals surface area (Å²) >= 11 is 0. The van der Waals surface area contributed by atoms with Crippen LogP contribution in [0, 0.1) is 0 Å². The Morgan fingerprint density at radius 3 is 2.76 bits per heavy atom. The van der Waals surface area contributed by atoms with Crippen molar-refractivity contribution >= 4 is 5.91 Å². The SMILES string of the molecule is COc1ccc(OC)c(C(=O)NC2CCc3nn(CCN(C)C)c(=O)n3CC2)c1. The maximum Gasteiger partial charge on any atom is 0.345 e. The zero-order chi connectivity index (χ0) is 21.0. The number of carbonyl (C=O) groups excluding carboxylic acids is 1. The molecule has 0 aliphatic carbocycles. The normalized spacial score (nSPS) is 16.2. The number of nitrogens with zero attached hydrogens (tertiary/aromatic N) is 4. The van der Waals surface area contributed by atoms with Crippen molar-refractivity contribution in [3.05, 3.63) is 40.1 Å². The molecule has 1 atom stereocenters. The Kier molecular flexibility index (Phi) is 6.58. The third-order valence-corrected chi connectivity index (χ3v) is 5.16. The zero-order valence-electron chi connectivity index (χ0n) is 17.5. The van der Waals surface area contributed by atoms with Gasteiger partial charge in [-0.05, 0) is 45.1 Å². The first-order valence-corrected chi connectivity index (χ1v) is 9.77. The van der Waals surface area contributed by atoms with Crippen molar-refractivity contribution in [2.75, 3.05) is 34.9 Å². The molecule has 1 aliphatic rings. The molecule has 3 rings (SSSR count). The van der Waals surface area contributed by atoms with Gasteiger partial charge in [0.15, 0.2) is 0 Å². The second-order valence-corrected chi connectivity index (χ2v) is 7.44. The van der Waals surface area contributed by atoms with E-state index in [2.05, 4.69) is 10.4 Å². The maximum atomic E-state index is 12.8. The monoisotopic (exact) mass is 403 g/mol. The third-order valence-electron chi connectivity index (χ3n) is 5.16. The van der Waals surface area contributed by atoms with Crippen molar-refractivity contribution in [2.24, 2.45) is 0 Å². The standard InChI is InChI=1S/C20H29N5O4/c1-23(2)11-12-25-20(27)24-10-9-14(5-8-18(24)22-25)21-19(26)16-13-15(28-3)6-7-17(16)29-4/h6-7,13-14H,5,8-12H2,1-4H3,(H,21,26). The number of methoxy groups -OCH3 is 2. The Morgan fingerprint density at radius 1 is 1.28 bits per heavy atom. The van der Waals surface area contributed by atoms with E-state index < -0.39 is 0 Å². The van der Waals surface area contributed by atoms with E-state index in [9.17, 15) is 9.59 Å². The number of hydrogen-bond donors (Lipinski definition) is 1. The fourth-order valence-electron chi connectivity index (χ4n) is 3.47. The Hall–Kier alpha value is -2.81. The number of carbonyl (C=O) groups is 1. The Bertz CT molecular complexity index is 918. The second kappa shape index (κ2) is 9.13. The van der Waals surface area contributed by atoms with Gasteiger partial charge in [0.05, 0.1) is 26.3 Å². The van der Waals surface area contributed by atoms with Gasteiger partial charge in [0.1, 0.15) is 17.3 Å². The van der Waals surface area contributed by atoms with Gasteiger partial charge in [-0.15, -0.1) is 0 Å². The highest BCUT2D eigenvalue weighted by atomic mass is 16.5. The van der Waals surface area contributed by atoms with E-state index in [-0.39, 0.29) is 17.6 Å². The van der Waals surface area contributed by atoms with Gasteiger partial charge in [-0.25, -0.2) is 9.48 Å². The highest BCUT2D eigenvalue weighted by molar-refractivity contribution is 5.97. The number of amides is 1. The summed E-state index contributed by atoms with van der Waals surface area (Å²) in [6, 6.07) is 5.09. The number of benzene rings is 1. The number of likely N-dealkylation sites (N-methyl/N-ethyl adjacent to an activating group) is 1. The molecule has 158 valence electrons. The molecule has 9 heteroatoms. The molecule has 9 nitrogen and oxygen atoms in total. The van der Waals surface area contributed by atoms with Gasteiger partial charge in [0.2, 0.25) is 0 Å². The molecule has 1 amide bonds. The van der Waals surface area contributed by atoms with Crippen LogP contribution in [0.5, 0.6) is 11.5 Å². The van der Waals surface area contributed by atoms with Crippen LogP contribution in [0.3, 0.4) is 0 Å². The molecule has 0 saturated heterocycles. The summed E-state index contributed by atoms with van der Waals surface area (Å²) in [7, 11) is 7.03. The minimum atomic E-state index is -0.214. The first-order chi connectivity index (χ1) is 13.9. The average molecular weight is 403 g/mol. The molecule has 0 fully saturated rings. The van der Waals surface area contributed by atoms with Gasteiger partial charge in [0, 0.05) is 25.6 Å². The topological polar surface area (TPSA) is 90.6 Å². The molecule has 1 N–H and O–H groups in total. The van der Waals surface area contributed by atoms with Crippen LogP contribution in [0.2, 0.25) is 0 Å². The summed E-state index contributed by atoms with van der Waals surface area (Å²) in [4.78, 5) is 27.4. The van der Waals surface area contributed by atoms with Crippen molar-refractivity contribution in [1.82, 2.24) is 24.6 Å². The van der Waals surface area contributed by atoms with Crippen molar-refractivity contribution < 1.29 is 14.3 Å². The lowest BCUT2D eigenvalue weighted by Gasteiger charge is -2.17. The van der Waals surface area contributed by atoms with Gasteiger partial charge in [-0.2, -0.15) is 5.10 Å². The van der Waals surface area contributed by atoms with E-state index in [1.165, 1.54) is 11.8 Å². The number of hydrogen-bond acceptors (Lipinski definition) is 6. The Morgan fingerprint density at radius 2 is 2.07 bits per heavy atom. The van der Waals surface area contributed by atoms with E-state index in [0.717, 1.165) is 18.8 Å². The quantitative estimate of drug-likeness (QED) is 0.734. The highest BCUT2D eigenvalue weighted by Gasteiger charge is 2.23. The van der Waals surface area contributed by atoms with Crippen LogP contribution >= 0.6 is 0 Å². The van der Waals surface area contributed by atoms with E-state index >= 15 is 0 Å². The van der Waals surface area contributed by atoms with Gasteiger partial charge < -0.3 is 19.7 Å². The summed E-state index contributed by atoms with van der Waals surface area (Å²) in [5, 5.41) is 7.56. The lowest BCUT2D eigenvalue weighted by atomic mass is 10.1. The van der Waals surface area contributed by atoms with Crippen LogP contribution < -0.4 is 20.5 Å². The number of ether oxygens (including phenoxy) is 2. The van der Waals surface area contributed by atoms with Crippen LogP contribution in [0.25, 0.3) is 0 Å². The summed E-state index contributed by atoms with van der Waals surface area (Å²) in [5.74, 6) is 1.65. The van der Waals surface area contributed by atoms with E-state index in [1.807, 2.05) is 19.0 Å². The molecule has 1 aromatic carbocycles. The summed E-state index contributed by atoms with van der Waals surface area (Å²) in [5.41, 5.74) is 0.350. The first kappa shape index (κ1) is 20.9. The van der Waals surface area contributed by atoms with Gasteiger partial charge in [0.25, 0.3) is 5.91 Å². The zero-order valence-corrected chi connectivity index (χ0v) is 17.5. The van der Waals surface area contributed by atoms with Crippen LogP contribution in [0.4, 0.5) is 0 Å². The van der Waals surface area contributed by atoms with Crippen molar-refractivity contribution in [3.8, 4) is 11.5 Å². The molecule has 0 radical (unpaired) electrons. The first-order valence-electron chi connectivity index (χ1n) is 9.77. The van der Waals surface area contributed by atoms with Gasteiger partial charge >= 0.3 is 5.69 Å². The lowest BCUT2D eigenvalue weighted by Crippen LogP contribution is -2.36. The molecule has 0 spiro atoms. The van der Waals surface area contributed by atoms with Gasteiger partial charge in [-0.3, -0.25) is 9.36 Å². The molecular weight excluding hydrogens is 374 g/mol. The Balaban J connectivity index is 1.67. The maximum absolute atomic E-state index is 12.8. The van der Waals surface area contributed by atoms with E-state index in [1.54, 1.807) is 29.9 Å². The molecule has 1 unspecified atom stereocenters. The van der Waals surface area contributed by atoms with Crippen molar-refractivity contribution in [2.45, 2.75) is 38.4 Å². The lowest BCUT2D eigenvalue weighted by molar-refractivity contribution is 0.0929. The fraction of sp³-hybridized carbons (Fsp3) is 0.550. The number of rotatable bonds is 7. The predicted octanol–water partition coefficient (Wildman–Crippen LogP) is 0.759. The molecule has 0 bridgehead atoms. The van der Waals surface area contributed by atoms with E-state index in [0.29, 0.717) is 43.0 Å². The molecule has 1 aliphatic heterocycles. The largest absolute Gasteiger partial charge is 0.497 e. The predicted molar refractivity (Wildman–Crippen MR) is 109 cm³/mol. The number of aryl methyl sites for hydroxylation is 1. The van der Waals surface area contributed by atoms with Crippen molar-refractivity contribution in [1.29, 1.82) is 0 Å². The molecule has 0 saturated carbocycles.